The smallest absolute Gasteiger partial charge is 1.00 e. The Hall–Kier alpha value is 0.322. The fourth-order valence-corrected chi connectivity index (χ4v) is 0. The summed E-state index contributed by atoms with van der Waals surface area (Å²) in [5, 5.41) is 0. The maximum absolute atomic E-state index is 2.18. The van der Waals surface area contributed by atoms with Crippen LogP contribution in [0.1, 0.15) is 26.7 Å². The Morgan fingerprint density at radius 3 is 0.875 bits per heavy atom. The quantitative estimate of drug-likeness (QED) is 0.319. The van der Waals surface area contributed by atoms with Gasteiger partial charge in [0.25, 0.3) is 0 Å². The molecular formula is C4H10AlF3. The number of unbranched alkanes of at least 4 members (excludes halogenated alkanes) is 1. The SMILES string of the molecule is CCCC.[Al+3].[F-].[F-].[F-]. The van der Waals surface area contributed by atoms with Crippen molar-refractivity contribution in [3.8, 4) is 0 Å². The van der Waals surface area contributed by atoms with Crippen molar-refractivity contribution in [1.29, 1.82) is 0 Å². The van der Waals surface area contributed by atoms with Gasteiger partial charge < -0.3 is 14.1 Å². The summed E-state index contributed by atoms with van der Waals surface area (Å²) in [6.07, 6.45) is 2.64. The van der Waals surface area contributed by atoms with Gasteiger partial charge in [0, 0.05) is 0 Å². The standard InChI is InChI=1S/C4H10.Al.3FH/c1-3-4-2;;;;/h3-4H2,1-2H3;;3*1H/q;+3;;;/p-3. The molecule has 0 saturated carbocycles. The maximum atomic E-state index is 2.18. The molecule has 0 aromatic carbocycles. The van der Waals surface area contributed by atoms with Gasteiger partial charge in [-0.05, 0) is 0 Å². The molecule has 0 heterocycles. The van der Waals surface area contributed by atoms with Gasteiger partial charge in [-0.15, -0.1) is 0 Å². The first kappa shape index (κ1) is 40.4. The summed E-state index contributed by atoms with van der Waals surface area (Å²) in [4.78, 5) is 0. The molecule has 0 aromatic rings. The molecule has 4 heteroatoms. The minimum absolute atomic E-state index is 0. The van der Waals surface area contributed by atoms with Crippen LogP contribution >= 0.6 is 0 Å². The molecule has 0 N–H and O–H groups in total. The Morgan fingerprint density at radius 1 is 0.750 bits per heavy atom. The second kappa shape index (κ2) is 54.3. The molecule has 8 heavy (non-hydrogen) atoms. The number of hydrogen-bond acceptors (Lipinski definition) is 0. The molecule has 0 bridgehead atoms. The summed E-state index contributed by atoms with van der Waals surface area (Å²) in [6, 6.07) is 0. The molecule has 0 radical (unpaired) electrons. The second-order valence-electron chi connectivity index (χ2n) is 1.000. The largest absolute Gasteiger partial charge is 3.00 e. The summed E-state index contributed by atoms with van der Waals surface area (Å²) in [7, 11) is 0. The van der Waals surface area contributed by atoms with Gasteiger partial charge in [-0.2, -0.15) is 0 Å². The van der Waals surface area contributed by atoms with Crippen molar-refractivity contribution in [2.75, 3.05) is 0 Å². The summed E-state index contributed by atoms with van der Waals surface area (Å²) in [5.74, 6) is 0. The first-order valence-electron chi connectivity index (χ1n) is 1.91. The molecule has 0 saturated heterocycles. The van der Waals surface area contributed by atoms with E-state index in [2.05, 4.69) is 13.8 Å². The van der Waals surface area contributed by atoms with Gasteiger partial charge in [0.15, 0.2) is 0 Å². The molecule has 0 atom stereocenters. The van der Waals surface area contributed by atoms with E-state index in [9.17, 15) is 0 Å². The Balaban J connectivity index is -0.00000000750. The number of hydrogen-bond donors (Lipinski definition) is 0. The van der Waals surface area contributed by atoms with E-state index < -0.39 is 0 Å². The van der Waals surface area contributed by atoms with Crippen LogP contribution in [0.5, 0.6) is 0 Å². The Labute approximate surface area is 58.9 Å². The zero-order valence-electron chi connectivity index (χ0n) is 5.13. The fourth-order valence-electron chi connectivity index (χ4n) is 0. The van der Waals surface area contributed by atoms with Crippen molar-refractivity contribution >= 4 is 17.4 Å². The van der Waals surface area contributed by atoms with Gasteiger partial charge in [-0.25, -0.2) is 0 Å². The van der Waals surface area contributed by atoms with Crippen LogP contribution in [0.2, 0.25) is 0 Å². The predicted molar refractivity (Wildman–Crippen MR) is 26.3 cm³/mol. The van der Waals surface area contributed by atoms with E-state index >= 15 is 0 Å². The molecule has 0 nitrogen and oxygen atoms in total. The molecule has 0 fully saturated rings. The van der Waals surface area contributed by atoms with Gasteiger partial charge in [0.2, 0.25) is 0 Å². The average molecular weight is 142 g/mol. The minimum Gasteiger partial charge on any atom is -1.00 e. The molecular weight excluding hydrogens is 132 g/mol. The Bertz CT molecular complexity index is 13.2. The first-order valence-corrected chi connectivity index (χ1v) is 1.91. The molecule has 50 valence electrons. The molecule has 0 amide bonds. The van der Waals surface area contributed by atoms with E-state index in [1.54, 1.807) is 0 Å². The van der Waals surface area contributed by atoms with Crippen LogP contribution in [0.25, 0.3) is 0 Å². The Morgan fingerprint density at radius 2 is 0.875 bits per heavy atom. The van der Waals surface area contributed by atoms with Crippen molar-refractivity contribution in [3.63, 3.8) is 0 Å². The van der Waals surface area contributed by atoms with E-state index in [0.29, 0.717) is 0 Å². The van der Waals surface area contributed by atoms with Crippen molar-refractivity contribution in [3.05, 3.63) is 0 Å². The van der Waals surface area contributed by atoms with Gasteiger partial charge in [0.1, 0.15) is 0 Å². The topological polar surface area (TPSA) is 0 Å². The molecule has 0 unspecified atom stereocenters. The average Bonchev–Trinajstić information content (AvgIpc) is 1.37. The fraction of sp³-hybridized carbons (Fsp3) is 1.00. The van der Waals surface area contributed by atoms with E-state index in [-0.39, 0.29) is 31.5 Å². The summed E-state index contributed by atoms with van der Waals surface area (Å²) >= 11 is 0. The predicted octanol–water partition coefficient (Wildman–Crippen LogP) is -7.56. The molecule has 0 aliphatic heterocycles. The van der Waals surface area contributed by atoms with Crippen molar-refractivity contribution < 1.29 is 14.1 Å². The van der Waals surface area contributed by atoms with Crippen molar-refractivity contribution in [1.82, 2.24) is 0 Å². The van der Waals surface area contributed by atoms with E-state index in [4.69, 9.17) is 0 Å². The van der Waals surface area contributed by atoms with Crippen LogP contribution in [0.4, 0.5) is 0 Å². The summed E-state index contributed by atoms with van der Waals surface area (Å²) < 4.78 is 0. The monoisotopic (exact) mass is 142 g/mol. The van der Waals surface area contributed by atoms with Crippen LogP contribution in [-0.2, 0) is 0 Å². The minimum atomic E-state index is 0. The first-order chi connectivity index (χ1) is 1.91. The van der Waals surface area contributed by atoms with Crippen LogP contribution in [0.15, 0.2) is 0 Å². The Kier molecular flexibility index (Phi) is 274. The molecule has 0 spiro atoms. The van der Waals surface area contributed by atoms with Crippen LogP contribution < -0.4 is 14.1 Å². The van der Waals surface area contributed by atoms with E-state index in [1.807, 2.05) is 0 Å². The zero-order valence-corrected chi connectivity index (χ0v) is 6.28. The maximum Gasteiger partial charge on any atom is 3.00 e. The molecule has 0 aliphatic carbocycles. The number of rotatable bonds is 1. The second-order valence-corrected chi connectivity index (χ2v) is 1.000. The summed E-state index contributed by atoms with van der Waals surface area (Å²) in [6.45, 7) is 4.36. The molecule has 0 rings (SSSR count). The van der Waals surface area contributed by atoms with E-state index in [0.717, 1.165) is 0 Å². The van der Waals surface area contributed by atoms with Crippen LogP contribution in [0, 0.1) is 0 Å². The van der Waals surface area contributed by atoms with Crippen LogP contribution in [-0.4, -0.2) is 17.4 Å². The van der Waals surface area contributed by atoms with Gasteiger partial charge in [0.05, 0.1) is 0 Å². The van der Waals surface area contributed by atoms with Crippen molar-refractivity contribution in [2.24, 2.45) is 0 Å². The third-order valence-electron chi connectivity index (χ3n) is 0.500. The zero-order chi connectivity index (χ0) is 3.41. The van der Waals surface area contributed by atoms with Gasteiger partial charge in [-0.3, -0.25) is 0 Å². The van der Waals surface area contributed by atoms with Gasteiger partial charge in [-0.1, -0.05) is 26.7 Å². The molecule has 0 aromatic heterocycles. The number of halogens is 3. The third kappa shape index (κ3) is 102. The van der Waals surface area contributed by atoms with E-state index in [1.165, 1.54) is 12.8 Å². The normalized spacial score (nSPS) is 3.75. The van der Waals surface area contributed by atoms with Crippen LogP contribution in [0.3, 0.4) is 0 Å². The van der Waals surface area contributed by atoms with Crippen molar-refractivity contribution in [2.45, 2.75) is 26.7 Å². The third-order valence-corrected chi connectivity index (χ3v) is 0.500. The molecule has 0 aliphatic rings. The summed E-state index contributed by atoms with van der Waals surface area (Å²) in [5.41, 5.74) is 0. The van der Waals surface area contributed by atoms with Gasteiger partial charge >= 0.3 is 17.4 Å².